The van der Waals surface area contributed by atoms with E-state index in [0.29, 0.717) is 18.3 Å². The minimum absolute atomic E-state index is 0.342. The van der Waals surface area contributed by atoms with E-state index in [4.69, 9.17) is 5.73 Å². The van der Waals surface area contributed by atoms with Crippen LogP contribution in [0.15, 0.2) is 24.3 Å². The molecule has 0 radical (unpaired) electrons. The van der Waals surface area contributed by atoms with E-state index in [0.717, 1.165) is 6.42 Å². The van der Waals surface area contributed by atoms with E-state index in [1.54, 1.807) is 6.07 Å². The fraction of sp³-hybridized carbons (Fsp3) is 0.538. The lowest BCUT2D eigenvalue weighted by Crippen LogP contribution is -2.40. The Balaban J connectivity index is 2.00. The maximum Gasteiger partial charge on any atom is 0.115 e. The average molecular weight is 220 g/mol. The molecule has 1 aromatic rings. The lowest BCUT2D eigenvalue weighted by Gasteiger charge is -2.26. The van der Waals surface area contributed by atoms with Gasteiger partial charge in [-0.2, -0.15) is 0 Å². The number of rotatable bonds is 4. The van der Waals surface area contributed by atoms with Crippen LogP contribution in [0.5, 0.6) is 5.75 Å². The third-order valence-corrected chi connectivity index (χ3v) is 3.31. The molecule has 1 aliphatic heterocycles. The Morgan fingerprint density at radius 3 is 2.69 bits per heavy atom. The van der Waals surface area contributed by atoms with Crippen LogP contribution in [0.2, 0.25) is 0 Å². The molecule has 0 spiro atoms. The monoisotopic (exact) mass is 220 g/mol. The number of nitrogens with two attached hydrogens (primary N) is 1. The summed E-state index contributed by atoms with van der Waals surface area (Å²) in [6.45, 7) is 3.02. The SMILES string of the molecule is NCC(Cc1cccc(O)c1)N1CCCC1. The Bertz CT molecular complexity index is 334. The second kappa shape index (κ2) is 5.32. The van der Waals surface area contributed by atoms with E-state index >= 15 is 0 Å². The van der Waals surface area contributed by atoms with Crippen LogP contribution >= 0.6 is 0 Å². The normalized spacial score (nSPS) is 18.8. The molecule has 1 aliphatic rings. The third kappa shape index (κ3) is 2.74. The van der Waals surface area contributed by atoms with Crippen LogP contribution in [0, 0.1) is 0 Å². The van der Waals surface area contributed by atoms with Gasteiger partial charge in [0, 0.05) is 12.6 Å². The van der Waals surface area contributed by atoms with Crippen LogP contribution in [0.25, 0.3) is 0 Å². The number of likely N-dealkylation sites (tertiary alicyclic amines) is 1. The van der Waals surface area contributed by atoms with E-state index in [1.807, 2.05) is 12.1 Å². The molecule has 0 aliphatic carbocycles. The molecule has 16 heavy (non-hydrogen) atoms. The number of phenols is 1. The molecule has 88 valence electrons. The first-order chi connectivity index (χ1) is 7.79. The van der Waals surface area contributed by atoms with E-state index in [-0.39, 0.29) is 0 Å². The summed E-state index contributed by atoms with van der Waals surface area (Å²) >= 11 is 0. The highest BCUT2D eigenvalue weighted by molar-refractivity contribution is 5.27. The summed E-state index contributed by atoms with van der Waals surface area (Å²) in [5.74, 6) is 0.342. The van der Waals surface area contributed by atoms with Crippen molar-refractivity contribution in [3.63, 3.8) is 0 Å². The minimum atomic E-state index is 0.342. The van der Waals surface area contributed by atoms with Gasteiger partial charge in [-0.3, -0.25) is 4.90 Å². The van der Waals surface area contributed by atoms with Crippen LogP contribution < -0.4 is 5.73 Å². The number of nitrogens with zero attached hydrogens (tertiary/aromatic N) is 1. The summed E-state index contributed by atoms with van der Waals surface area (Å²) in [5, 5.41) is 9.42. The topological polar surface area (TPSA) is 49.5 Å². The average Bonchev–Trinajstić information content (AvgIpc) is 2.79. The van der Waals surface area contributed by atoms with Crippen molar-refractivity contribution in [3.8, 4) is 5.75 Å². The van der Waals surface area contributed by atoms with Gasteiger partial charge in [0.2, 0.25) is 0 Å². The van der Waals surface area contributed by atoms with Gasteiger partial charge in [-0.25, -0.2) is 0 Å². The van der Waals surface area contributed by atoms with E-state index in [2.05, 4.69) is 11.0 Å². The van der Waals surface area contributed by atoms with Crippen LogP contribution in [-0.2, 0) is 6.42 Å². The molecule has 0 bridgehead atoms. The lowest BCUT2D eigenvalue weighted by molar-refractivity contribution is 0.246. The second-order valence-electron chi connectivity index (χ2n) is 4.51. The van der Waals surface area contributed by atoms with Crippen molar-refractivity contribution in [1.29, 1.82) is 0 Å². The van der Waals surface area contributed by atoms with Gasteiger partial charge in [0.05, 0.1) is 0 Å². The Hall–Kier alpha value is -1.06. The van der Waals surface area contributed by atoms with Crippen LogP contribution in [-0.4, -0.2) is 35.7 Å². The van der Waals surface area contributed by atoms with Crippen LogP contribution in [0.3, 0.4) is 0 Å². The molecule has 3 nitrogen and oxygen atoms in total. The zero-order chi connectivity index (χ0) is 11.4. The first-order valence-corrected chi connectivity index (χ1v) is 6.01. The van der Waals surface area contributed by atoms with E-state index in [9.17, 15) is 5.11 Å². The van der Waals surface area contributed by atoms with Gasteiger partial charge in [0.15, 0.2) is 0 Å². The van der Waals surface area contributed by atoms with Crippen molar-refractivity contribution in [1.82, 2.24) is 4.90 Å². The fourth-order valence-electron chi connectivity index (χ4n) is 2.42. The first-order valence-electron chi connectivity index (χ1n) is 6.01. The molecule has 3 N–H and O–H groups in total. The highest BCUT2D eigenvalue weighted by Crippen LogP contribution is 2.17. The predicted octanol–water partition coefficient (Wildman–Crippen LogP) is 1.36. The predicted molar refractivity (Wildman–Crippen MR) is 65.5 cm³/mol. The molecule has 1 aromatic carbocycles. The molecule has 1 unspecified atom stereocenters. The third-order valence-electron chi connectivity index (χ3n) is 3.31. The van der Waals surface area contributed by atoms with Crippen molar-refractivity contribution in [2.24, 2.45) is 5.73 Å². The summed E-state index contributed by atoms with van der Waals surface area (Å²) in [6, 6.07) is 7.90. The van der Waals surface area contributed by atoms with Gasteiger partial charge in [0.25, 0.3) is 0 Å². The van der Waals surface area contributed by atoms with Crippen LogP contribution in [0.1, 0.15) is 18.4 Å². The van der Waals surface area contributed by atoms with Gasteiger partial charge in [-0.1, -0.05) is 12.1 Å². The number of hydrogen-bond donors (Lipinski definition) is 2. The molecule has 0 amide bonds. The number of phenolic OH excluding ortho intramolecular Hbond substituents is 1. The maximum absolute atomic E-state index is 9.42. The van der Waals surface area contributed by atoms with Crippen molar-refractivity contribution in [3.05, 3.63) is 29.8 Å². The molecule has 0 saturated carbocycles. The van der Waals surface area contributed by atoms with Crippen LogP contribution in [0.4, 0.5) is 0 Å². The number of benzene rings is 1. The molecular weight excluding hydrogens is 200 g/mol. The van der Waals surface area contributed by atoms with E-state index < -0.39 is 0 Å². The van der Waals surface area contributed by atoms with Crippen molar-refractivity contribution in [2.45, 2.75) is 25.3 Å². The highest BCUT2D eigenvalue weighted by Gasteiger charge is 2.20. The molecule has 2 rings (SSSR count). The Kier molecular flexibility index (Phi) is 3.80. The molecular formula is C13H20N2O. The van der Waals surface area contributed by atoms with Gasteiger partial charge in [-0.15, -0.1) is 0 Å². The maximum atomic E-state index is 9.42. The zero-order valence-corrected chi connectivity index (χ0v) is 9.60. The van der Waals surface area contributed by atoms with Crippen molar-refractivity contribution >= 4 is 0 Å². The summed E-state index contributed by atoms with van der Waals surface area (Å²) in [7, 11) is 0. The molecule has 1 saturated heterocycles. The Labute approximate surface area is 96.9 Å². The first kappa shape index (κ1) is 11.4. The number of hydrogen-bond acceptors (Lipinski definition) is 3. The largest absolute Gasteiger partial charge is 0.508 e. The summed E-state index contributed by atoms with van der Waals surface area (Å²) in [4.78, 5) is 2.46. The Morgan fingerprint density at radius 2 is 2.06 bits per heavy atom. The van der Waals surface area contributed by atoms with Gasteiger partial charge in [0.1, 0.15) is 5.75 Å². The summed E-state index contributed by atoms with van der Waals surface area (Å²) in [5.41, 5.74) is 7.00. The summed E-state index contributed by atoms with van der Waals surface area (Å²) in [6.07, 6.45) is 3.51. The lowest BCUT2D eigenvalue weighted by atomic mass is 10.0. The van der Waals surface area contributed by atoms with Crippen molar-refractivity contribution < 1.29 is 5.11 Å². The zero-order valence-electron chi connectivity index (χ0n) is 9.60. The summed E-state index contributed by atoms with van der Waals surface area (Å²) < 4.78 is 0. The highest BCUT2D eigenvalue weighted by atomic mass is 16.3. The standard InChI is InChI=1S/C13H20N2O/c14-10-12(15-6-1-2-7-15)8-11-4-3-5-13(16)9-11/h3-5,9,12,16H,1-2,6-8,10,14H2. The molecule has 1 heterocycles. The van der Waals surface area contributed by atoms with E-state index in [1.165, 1.54) is 31.5 Å². The molecule has 1 fully saturated rings. The Morgan fingerprint density at radius 1 is 1.31 bits per heavy atom. The quantitative estimate of drug-likeness (QED) is 0.805. The van der Waals surface area contributed by atoms with Gasteiger partial charge >= 0.3 is 0 Å². The van der Waals surface area contributed by atoms with Gasteiger partial charge in [-0.05, 0) is 50.0 Å². The molecule has 1 atom stereocenters. The minimum Gasteiger partial charge on any atom is -0.508 e. The fourth-order valence-corrected chi connectivity index (χ4v) is 2.42. The molecule has 3 heteroatoms. The molecule has 0 aromatic heterocycles. The smallest absolute Gasteiger partial charge is 0.115 e. The number of aromatic hydroxyl groups is 1. The van der Waals surface area contributed by atoms with Gasteiger partial charge < -0.3 is 10.8 Å². The second-order valence-corrected chi connectivity index (χ2v) is 4.51. The van der Waals surface area contributed by atoms with Crippen molar-refractivity contribution in [2.75, 3.05) is 19.6 Å².